The molecule has 0 spiro atoms. The van der Waals surface area contributed by atoms with Crippen molar-refractivity contribution in [3.8, 4) is 5.75 Å². The minimum Gasteiger partial charge on any atom is -0.495 e. The number of carbonyl (C=O) groups excluding carboxylic acids is 1. The van der Waals surface area contributed by atoms with Crippen molar-refractivity contribution in [1.82, 2.24) is 0 Å². The molecule has 0 bridgehead atoms. The SMILES string of the molecule is COCC(=O)Nc1cc(NCC(O)CCl)ccc1OC. The van der Waals surface area contributed by atoms with E-state index in [0.717, 1.165) is 5.69 Å². The molecule has 0 aromatic heterocycles. The molecule has 1 amide bonds. The summed E-state index contributed by atoms with van der Waals surface area (Å²) in [6, 6.07) is 5.22. The number of ether oxygens (including phenoxy) is 2. The highest BCUT2D eigenvalue weighted by atomic mass is 35.5. The summed E-state index contributed by atoms with van der Waals surface area (Å²) in [5, 5.41) is 15.1. The van der Waals surface area contributed by atoms with E-state index in [-0.39, 0.29) is 18.4 Å². The van der Waals surface area contributed by atoms with Crippen molar-refractivity contribution in [1.29, 1.82) is 0 Å². The number of benzene rings is 1. The van der Waals surface area contributed by atoms with E-state index in [9.17, 15) is 9.90 Å². The maximum absolute atomic E-state index is 11.5. The Kier molecular flexibility index (Phi) is 7.14. The van der Waals surface area contributed by atoms with Crippen molar-refractivity contribution in [2.45, 2.75) is 6.10 Å². The van der Waals surface area contributed by atoms with Crippen LogP contribution in [0.4, 0.5) is 11.4 Å². The molecule has 6 nitrogen and oxygen atoms in total. The molecular weight excluding hydrogens is 284 g/mol. The molecule has 1 aromatic rings. The molecule has 0 aliphatic carbocycles. The summed E-state index contributed by atoms with van der Waals surface area (Å²) in [5.74, 6) is 0.419. The molecule has 7 heteroatoms. The van der Waals surface area contributed by atoms with Gasteiger partial charge in [0.2, 0.25) is 5.91 Å². The summed E-state index contributed by atoms with van der Waals surface area (Å²) < 4.78 is 9.93. The highest BCUT2D eigenvalue weighted by Gasteiger charge is 2.09. The minimum absolute atomic E-state index is 0.0359. The van der Waals surface area contributed by atoms with Crippen LogP contribution >= 0.6 is 11.6 Å². The van der Waals surface area contributed by atoms with E-state index in [1.807, 2.05) is 0 Å². The second kappa shape index (κ2) is 8.63. The van der Waals surface area contributed by atoms with Gasteiger partial charge in [0.25, 0.3) is 0 Å². The summed E-state index contributed by atoms with van der Waals surface area (Å²) >= 11 is 5.52. The van der Waals surface area contributed by atoms with Crippen LogP contribution in [0.2, 0.25) is 0 Å². The van der Waals surface area contributed by atoms with Gasteiger partial charge in [0.05, 0.1) is 24.8 Å². The molecule has 0 saturated heterocycles. The van der Waals surface area contributed by atoms with Crippen LogP contribution in [0.1, 0.15) is 0 Å². The fourth-order valence-electron chi connectivity index (χ4n) is 1.52. The number of rotatable bonds is 8. The smallest absolute Gasteiger partial charge is 0.250 e. The Labute approximate surface area is 123 Å². The van der Waals surface area contributed by atoms with Crippen molar-refractivity contribution in [3.63, 3.8) is 0 Å². The highest BCUT2D eigenvalue weighted by Crippen LogP contribution is 2.27. The van der Waals surface area contributed by atoms with E-state index < -0.39 is 6.10 Å². The van der Waals surface area contributed by atoms with Crippen LogP contribution in [-0.2, 0) is 9.53 Å². The van der Waals surface area contributed by atoms with E-state index in [2.05, 4.69) is 10.6 Å². The van der Waals surface area contributed by atoms with E-state index in [1.54, 1.807) is 18.2 Å². The van der Waals surface area contributed by atoms with Gasteiger partial charge in [0.1, 0.15) is 12.4 Å². The molecule has 0 aliphatic heterocycles. The second-order valence-corrected chi connectivity index (χ2v) is 4.39. The first-order valence-corrected chi connectivity index (χ1v) is 6.59. The van der Waals surface area contributed by atoms with Gasteiger partial charge in [-0.2, -0.15) is 0 Å². The number of anilines is 2. The van der Waals surface area contributed by atoms with E-state index in [4.69, 9.17) is 21.1 Å². The average Bonchev–Trinajstić information content (AvgIpc) is 2.45. The molecule has 0 fully saturated rings. The van der Waals surface area contributed by atoms with Gasteiger partial charge < -0.3 is 25.2 Å². The average molecular weight is 303 g/mol. The zero-order valence-electron chi connectivity index (χ0n) is 11.5. The molecule has 0 aliphatic rings. The molecule has 0 saturated carbocycles. The first kappa shape index (κ1) is 16.6. The van der Waals surface area contributed by atoms with Crippen LogP contribution < -0.4 is 15.4 Å². The van der Waals surface area contributed by atoms with Crippen LogP contribution in [-0.4, -0.2) is 50.4 Å². The molecule has 1 aromatic carbocycles. The van der Waals surface area contributed by atoms with Crippen LogP contribution in [0, 0.1) is 0 Å². The number of hydrogen-bond acceptors (Lipinski definition) is 5. The Morgan fingerprint density at radius 1 is 1.45 bits per heavy atom. The minimum atomic E-state index is -0.634. The fraction of sp³-hybridized carbons (Fsp3) is 0.462. The lowest BCUT2D eigenvalue weighted by atomic mass is 10.2. The standard InChI is InChI=1S/C13H19ClN2O4/c1-19-8-13(18)16-11-5-9(3-4-12(11)20-2)15-7-10(17)6-14/h3-5,10,15,17H,6-8H2,1-2H3,(H,16,18). The number of aliphatic hydroxyl groups excluding tert-OH is 1. The molecule has 112 valence electrons. The molecule has 20 heavy (non-hydrogen) atoms. The van der Waals surface area contributed by atoms with Gasteiger partial charge in [0.15, 0.2) is 0 Å². The molecule has 0 radical (unpaired) electrons. The Bertz CT molecular complexity index is 442. The van der Waals surface area contributed by atoms with Crippen molar-refractivity contribution >= 4 is 28.9 Å². The first-order chi connectivity index (χ1) is 9.60. The molecule has 3 N–H and O–H groups in total. The predicted octanol–water partition coefficient (Wildman–Crippen LogP) is 1.29. The number of amides is 1. The van der Waals surface area contributed by atoms with Crippen LogP contribution in [0.5, 0.6) is 5.75 Å². The van der Waals surface area contributed by atoms with Gasteiger partial charge in [-0.05, 0) is 18.2 Å². The summed E-state index contributed by atoms with van der Waals surface area (Å²) in [7, 11) is 2.97. The lowest BCUT2D eigenvalue weighted by molar-refractivity contribution is -0.119. The van der Waals surface area contributed by atoms with Gasteiger partial charge in [-0.25, -0.2) is 0 Å². The topological polar surface area (TPSA) is 79.8 Å². The third-order valence-electron chi connectivity index (χ3n) is 2.47. The third kappa shape index (κ3) is 5.24. The van der Waals surface area contributed by atoms with Gasteiger partial charge >= 0.3 is 0 Å². The lowest BCUT2D eigenvalue weighted by Crippen LogP contribution is -2.21. The maximum atomic E-state index is 11.5. The monoisotopic (exact) mass is 302 g/mol. The molecule has 1 unspecified atom stereocenters. The Morgan fingerprint density at radius 3 is 2.80 bits per heavy atom. The number of methoxy groups -OCH3 is 2. The van der Waals surface area contributed by atoms with E-state index in [0.29, 0.717) is 18.0 Å². The van der Waals surface area contributed by atoms with Gasteiger partial charge in [-0.3, -0.25) is 4.79 Å². The summed E-state index contributed by atoms with van der Waals surface area (Å²) in [4.78, 5) is 11.5. The van der Waals surface area contributed by atoms with Gasteiger partial charge in [0, 0.05) is 19.3 Å². The maximum Gasteiger partial charge on any atom is 0.250 e. The quantitative estimate of drug-likeness (QED) is 0.631. The number of nitrogens with one attached hydrogen (secondary N) is 2. The molecular formula is C13H19ClN2O4. The molecule has 1 rings (SSSR count). The van der Waals surface area contributed by atoms with Crippen molar-refractivity contribution in [2.75, 3.05) is 43.9 Å². The fourth-order valence-corrected chi connectivity index (χ4v) is 1.63. The van der Waals surface area contributed by atoms with E-state index in [1.165, 1.54) is 14.2 Å². The Hall–Kier alpha value is -1.50. The summed E-state index contributed by atoms with van der Waals surface area (Å²) in [6.45, 7) is 0.285. The van der Waals surface area contributed by atoms with Gasteiger partial charge in [-0.1, -0.05) is 0 Å². The largest absolute Gasteiger partial charge is 0.495 e. The molecule has 1 atom stereocenters. The van der Waals surface area contributed by atoms with Crippen LogP contribution in [0.15, 0.2) is 18.2 Å². The predicted molar refractivity (Wildman–Crippen MR) is 78.7 cm³/mol. The van der Waals surface area contributed by atoms with Crippen LogP contribution in [0.3, 0.4) is 0 Å². The number of carbonyl (C=O) groups is 1. The van der Waals surface area contributed by atoms with Crippen molar-refractivity contribution in [2.24, 2.45) is 0 Å². The Balaban J connectivity index is 2.77. The highest BCUT2D eigenvalue weighted by molar-refractivity contribution is 6.18. The van der Waals surface area contributed by atoms with Crippen molar-refractivity contribution in [3.05, 3.63) is 18.2 Å². The van der Waals surface area contributed by atoms with Crippen molar-refractivity contribution < 1.29 is 19.4 Å². The first-order valence-electron chi connectivity index (χ1n) is 6.05. The normalized spacial score (nSPS) is 11.8. The molecule has 0 heterocycles. The third-order valence-corrected chi connectivity index (χ3v) is 2.83. The number of aliphatic hydroxyl groups is 1. The zero-order chi connectivity index (χ0) is 15.0. The number of hydrogen-bond donors (Lipinski definition) is 3. The lowest BCUT2D eigenvalue weighted by Gasteiger charge is -2.14. The summed E-state index contributed by atoms with van der Waals surface area (Å²) in [5.41, 5.74) is 1.27. The summed E-state index contributed by atoms with van der Waals surface area (Å²) in [6.07, 6.45) is -0.634. The Morgan fingerprint density at radius 2 is 2.20 bits per heavy atom. The van der Waals surface area contributed by atoms with Gasteiger partial charge in [-0.15, -0.1) is 11.6 Å². The second-order valence-electron chi connectivity index (χ2n) is 4.09. The zero-order valence-corrected chi connectivity index (χ0v) is 12.2. The van der Waals surface area contributed by atoms with E-state index >= 15 is 0 Å². The van der Waals surface area contributed by atoms with Crippen LogP contribution in [0.25, 0.3) is 0 Å². The number of alkyl halides is 1. The number of halogens is 1.